The highest BCUT2D eigenvalue weighted by atomic mass is 35.5. The number of nitrogens with one attached hydrogen (secondary N) is 1. The number of carbonyl (C=O) groups excluding carboxylic acids is 1. The highest BCUT2D eigenvalue weighted by molar-refractivity contribution is 7.90. The summed E-state index contributed by atoms with van der Waals surface area (Å²) in [5, 5.41) is 3.41. The molecule has 126 valence electrons. The Hall–Kier alpha value is -0.820. The minimum Gasteiger partial charge on any atom is -0.355 e. The number of hydrogen-bond donors (Lipinski definition) is 2. The molecule has 0 saturated heterocycles. The Morgan fingerprint density at radius 2 is 1.91 bits per heavy atom. The van der Waals surface area contributed by atoms with Gasteiger partial charge in [-0.3, -0.25) is 4.79 Å². The van der Waals surface area contributed by atoms with Crippen LogP contribution in [0.25, 0.3) is 0 Å². The van der Waals surface area contributed by atoms with Gasteiger partial charge < -0.3 is 11.1 Å². The average molecular weight is 369 g/mol. The van der Waals surface area contributed by atoms with E-state index in [0.717, 1.165) is 24.7 Å². The average Bonchev–Trinajstić information content (AvgIpc) is 2.41. The summed E-state index contributed by atoms with van der Waals surface area (Å²) in [7, 11) is -3.09. The lowest BCUT2D eigenvalue weighted by Crippen LogP contribution is -2.42. The van der Waals surface area contributed by atoms with Gasteiger partial charge in [-0.1, -0.05) is 23.7 Å². The van der Waals surface area contributed by atoms with Gasteiger partial charge in [-0.25, -0.2) is 8.42 Å². The van der Waals surface area contributed by atoms with Crippen LogP contribution >= 0.6 is 24.0 Å². The second-order valence-electron chi connectivity index (χ2n) is 5.05. The largest absolute Gasteiger partial charge is 0.355 e. The lowest BCUT2D eigenvalue weighted by Gasteiger charge is -2.11. The summed E-state index contributed by atoms with van der Waals surface area (Å²) < 4.78 is 22.0. The van der Waals surface area contributed by atoms with Gasteiger partial charge in [0.1, 0.15) is 9.84 Å². The molecule has 22 heavy (non-hydrogen) atoms. The van der Waals surface area contributed by atoms with Gasteiger partial charge in [0.25, 0.3) is 0 Å². The predicted molar refractivity (Wildman–Crippen MR) is 92.3 cm³/mol. The number of hydrogen-bond acceptors (Lipinski definition) is 4. The summed E-state index contributed by atoms with van der Waals surface area (Å²) >= 11 is 5.80. The van der Waals surface area contributed by atoms with E-state index < -0.39 is 15.9 Å². The van der Waals surface area contributed by atoms with Crippen LogP contribution in [0.3, 0.4) is 0 Å². The summed E-state index contributed by atoms with van der Waals surface area (Å²) in [4.78, 5) is 11.7. The van der Waals surface area contributed by atoms with Gasteiger partial charge in [0.05, 0.1) is 11.8 Å². The Morgan fingerprint density at radius 1 is 1.32 bits per heavy atom. The van der Waals surface area contributed by atoms with Crippen molar-refractivity contribution in [3.63, 3.8) is 0 Å². The minimum atomic E-state index is -3.09. The van der Waals surface area contributed by atoms with Crippen molar-refractivity contribution < 1.29 is 13.2 Å². The Balaban J connectivity index is 0.00000441. The molecule has 1 atom stereocenters. The van der Waals surface area contributed by atoms with Gasteiger partial charge >= 0.3 is 0 Å². The van der Waals surface area contributed by atoms with Gasteiger partial charge in [-0.05, 0) is 37.0 Å². The minimum absolute atomic E-state index is 0. The van der Waals surface area contributed by atoms with E-state index in [1.165, 1.54) is 0 Å². The zero-order valence-corrected chi connectivity index (χ0v) is 14.8. The van der Waals surface area contributed by atoms with Crippen molar-refractivity contribution in [2.75, 3.05) is 18.6 Å². The molecular formula is C14H22Cl2N2O3S. The maximum absolute atomic E-state index is 11.7. The Bertz CT molecular complexity index is 562. The first-order valence-electron chi connectivity index (χ1n) is 6.73. The molecule has 5 nitrogen and oxygen atoms in total. The number of amides is 1. The number of halogens is 2. The molecule has 1 aromatic carbocycles. The summed E-state index contributed by atoms with van der Waals surface area (Å²) in [6.45, 7) is 0.508. The first-order valence-corrected chi connectivity index (χ1v) is 9.17. The molecule has 0 aliphatic rings. The van der Waals surface area contributed by atoms with Gasteiger partial charge in [-0.2, -0.15) is 0 Å². The number of benzene rings is 1. The Morgan fingerprint density at radius 3 is 2.45 bits per heavy atom. The van der Waals surface area contributed by atoms with Crippen LogP contribution in [0.5, 0.6) is 0 Å². The predicted octanol–water partition coefficient (Wildman–Crippen LogP) is 1.57. The number of aryl methyl sites for hydroxylation is 1. The summed E-state index contributed by atoms with van der Waals surface area (Å²) in [6, 6.07) is 6.77. The molecule has 0 aliphatic heterocycles. The van der Waals surface area contributed by atoms with Crippen molar-refractivity contribution in [3.05, 3.63) is 34.9 Å². The standard InChI is InChI=1S/C14H21ClN2O3S.ClH/c1-21(19,20)10-8-13(16)14(18)17-9-2-3-11-4-6-12(15)7-5-11;/h4-7,13H,2-3,8-10,16H2,1H3,(H,17,18);1H. The quantitative estimate of drug-likeness (QED) is 0.681. The molecule has 0 aliphatic carbocycles. The fraction of sp³-hybridized carbons (Fsp3) is 0.500. The number of rotatable bonds is 8. The van der Waals surface area contributed by atoms with Gasteiger partial charge in [0, 0.05) is 17.8 Å². The van der Waals surface area contributed by atoms with E-state index in [9.17, 15) is 13.2 Å². The Labute approximate surface area is 142 Å². The number of sulfone groups is 1. The van der Waals surface area contributed by atoms with Crippen molar-refractivity contribution in [2.45, 2.75) is 25.3 Å². The van der Waals surface area contributed by atoms with Crippen LogP contribution in [0.4, 0.5) is 0 Å². The molecule has 0 aromatic heterocycles. The first-order chi connectivity index (χ1) is 9.78. The third kappa shape index (κ3) is 9.25. The molecule has 0 heterocycles. The Kier molecular flexibility index (Phi) is 9.67. The monoisotopic (exact) mass is 368 g/mol. The highest BCUT2D eigenvalue weighted by Crippen LogP contribution is 2.10. The molecular weight excluding hydrogens is 347 g/mol. The fourth-order valence-electron chi connectivity index (χ4n) is 1.76. The highest BCUT2D eigenvalue weighted by Gasteiger charge is 2.15. The second-order valence-corrected chi connectivity index (χ2v) is 7.74. The summed E-state index contributed by atoms with van der Waals surface area (Å²) in [6.07, 6.45) is 2.88. The van der Waals surface area contributed by atoms with Crippen molar-refractivity contribution in [2.24, 2.45) is 5.73 Å². The third-order valence-corrected chi connectivity index (χ3v) is 4.22. The van der Waals surface area contributed by atoms with Crippen molar-refractivity contribution in [3.8, 4) is 0 Å². The van der Waals surface area contributed by atoms with E-state index in [-0.39, 0.29) is 30.5 Å². The first kappa shape index (κ1) is 21.2. The van der Waals surface area contributed by atoms with Crippen molar-refractivity contribution in [1.29, 1.82) is 0 Å². The number of carbonyl (C=O) groups is 1. The summed E-state index contributed by atoms with van der Waals surface area (Å²) in [5.74, 6) is -0.387. The van der Waals surface area contributed by atoms with Crippen molar-refractivity contribution >= 4 is 39.8 Å². The zero-order valence-electron chi connectivity index (χ0n) is 12.4. The lowest BCUT2D eigenvalue weighted by atomic mass is 10.1. The van der Waals surface area contributed by atoms with E-state index in [4.69, 9.17) is 17.3 Å². The van der Waals surface area contributed by atoms with Gasteiger partial charge in [-0.15, -0.1) is 12.4 Å². The fourth-order valence-corrected chi connectivity index (χ4v) is 2.57. The molecule has 1 amide bonds. The summed E-state index contributed by atoms with van der Waals surface area (Å²) in [5.41, 5.74) is 6.79. The number of nitrogens with two attached hydrogens (primary N) is 1. The molecule has 3 N–H and O–H groups in total. The molecule has 0 bridgehead atoms. The smallest absolute Gasteiger partial charge is 0.236 e. The van der Waals surface area contributed by atoms with E-state index >= 15 is 0 Å². The van der Waals surface area contributed by atoms with Crippen LogP contribution in [-0.4, -0.2) is 38.9 Å². The van der Waals surface area contributed by atoms with Crippen molar-refractivity contribution in [1.82, 2.24) is 5.32 Å². The van der Waals surface area contributed by atoms with E-state index in [2.05, 4.69) is 5.32 Å². The topological polar surface area (TPSA) is 89.3 Å². The third-order valence-electron chi connectivity index (χ3n) is 2.99. The van der Waals surface area contributed by atoms with E-state index in [1.54, 1.807) is 0 Å². The maximum Gasteiger partial charge on any atom is 0.236 e. The second kappa shape index (κ2) is 10.0. The molecule has 0 spiro atoms. The van der Waals surface area contributed by atoms with E-state index in [0.29, 0.717) is 11.6 Å². The van der Waals surface area contributed by atoms with Crippen LogP contribution < -0.4 is 11.1 Å². The molecule has 8 heteroatoms. The van der Waals surface area contributed by atoms with Crippen LogP contribution in [-0.2, 0) is 21.1 Å². The maximum atomic E-state index is 11.7. The molecule has 1 unspecified atom stereocenters. The molecule has 0 radical (unpaired) electrons. The van der Waals surface area contributed by atoms with Crippen LogP contribution in [0.2, 0.25) is 5.02 Å². The molecule has 0 fully saturated rings. The van der Waals surface area contributed by atoms with Gasteiger partial charge in [0.2, 0.25) is 5.91 Å². The zero-order chi connectivity index (χ0) is 15.9. The van der Waals surface area contributed by atoms with E-state index in [1.807, 2.05) is 24.3 Å². The molecule has 1 rings (SSSR count). The lowest BCUT2D eigenvalue weighted by molar-refractivity contribution is -0.122. The SMILES string of the molecule is CS(=O)(=O)CCC(N)C(=O)NCCCc1ccc(Cl)cc1.Cl. The molecule has 1 aromatic rings. The normalized spacial score (nSPS) is 12.3. The van der Waals surface area contributed by atoms with Crippen LogP contribution in [0.1, 0.15) is 18.4 Å². The molecule has 0 saturated carbocycles. The van der Waals surface area contributed by atoms with Crippen LogP contribution in [0, 0.1) is 0 Å². The van der Waals surface area contributed by atoms with Gasteiger partial charge in [0.15, 0.2) is 0 Å². The van der Waals surface area contributed by atoms with Crippen LogP contribution in [0.15, 0.2) is 24.3 Å².